The van der Waals surface area contributed by atoms with E-state index in [0.29, 0.717) is 28.8 Å². The number of piperidine rings is 1. The molecule has 1 amide bonds. The first-order valence-corrected chi connectivity index (χ1v) is 10.9. The molecule has 164 valence electrons. The zero-order valence-electron chi connectivity index (χ0n) is 17.7. The standard InChI is InChI=1S/C25H25FN4O2/c26-23-21(15-1-4-18(5-2-15)32-19-8-10-28-11-9-19)14-22(24(27)30-23)16-3-6-20-17(13-16)7-12-29-25(20)31/h1-6,13-14,19,28H,7-12H2,(H2,27,30)(H,29,31). The van der Waals surface area contributed by atoms with Crippen molar-refractivity contribution in [2.45, 2.75) is 25.4 Å². The second-order valence-electron chi connectivity index (χ2n) is 8.23. The number of anilines is 1. The highest BCUT2D eigenvalue weighted by atomic mass is 19.1. The highest BCUT2D eigenvalue weighted by Crippen LogP contribution is 2.34. The van der Waals surface area contributed by atoms with Crippen LogP contribution in [0.2, 0.25) is 0 Å². The molecule has 6 nitrogen and oxygen atoms in total. The molecule has 0 bridgehead atoms. The molecular weight excluding hydrogens is 407 g/mol. The molecule has 2 aliphatic rings. The molecule has 3 heterocycles. The number of halogens is 1. The van der Waals surface area contributed by atoms with Crippen LogP contribution < -0.4 is 21.1 Å². The summed E-state index contributed by atoms with van der Waals surface area (Å²) >= 11 is 0. The first-order valence-electron chi connectivity index (χ1n) is 10.9. The summed E-state index contributed by atoms with van der Waals surface area (Å²) in [5.41, 5.74) is 10.2. The van der Waals surface area contributed by atoms with Gasteiger partial charge in [0.1, 0.15) is 17.7 Å². The van der Waals surface area contributed by atoms with E-state index in [-0.39, 0.29) is 17.8 Å². The van der Waals surface area contributed by atoms with Gasteiger partial charge >= 0.3 is 0 Å². The number of amides is 1. The minimum atomic E-state index is -0.615. The third-order valence-electron chi connectivity index (χ3n) is 6.10. The number of pyridine rings is 1. The zero-order chi connectivity index (χ0) is 22.1. The summed E-state index contributed by atoms with van der Waals surface area (Å²) in [5, 5.41) is 6.16. The smallest absolute Gasteiger partial charge is 0.251 e. The number of ether oxygens (including phenoxy) is 1. The average Bonchev–Trinajstić information content (AvgIpc) is 2.81. The number of nitrogens with zero attached hydrogens (tertiary/aromatic N) is 1. The lowest BCUT2D eigenvalue weighted by Gasteiger charge is -2.23. The maximum atomic E-state index is 14.7. The van der Waals surface area contributed by atoms with Gasteiger partial charge in [-0.2, -0.15) is 4.39 Å². The highest BCUT2D eigenvalue weighted by molar-refractivity contribution is 5.97. The van der Waals surface area contributed by atoms with Gasteiger partial charge in [0, 0.05) is 23.2 Å². The predicted octanol–water partition coefficient (Wildman–Crippen LogP) is 3.55. The number of carbonyl (C=O) groups is 1. The second-order valence-corrected chi connectivity index (χ2v) is 8.23. The molecule has 5 rings (SSSR count). The van der Waals surface area contributed by atoms with Crippen molar-refractivity contribution in [2.24, 2.45) is 0 Å². The molecule has 1 saturated heterocycles. The summed E-state index contributed by atoms with van der Waals surface area (Å²) in [5.74, 6) is 0.209. The van der Waals surface area contributed by atoms with Gasteiger partial charge in [0.05, 0.1) is 0 Å². The Bertz CT molecular complexity index is 1160. The normalized spacial score (nSPS) is 16.3. The predicted molar refractivity (Wildman–Crippen MR) is 122 cm³/mol. The molecule has 7 heteroatoms. The Morgan fingerprint density at radius 1 is 0.938 bits per heavy atom. The van der Waals surface area contributed by atoms with Gasteiger partial charge in [-0.15, -0.1) is 0 Å². The van der Waals surface area contributed by atoms with E-state index in [1.54, 1.807) is 12.1 Å². The Hall–Kier alpha value is -3.45. The summed E-state index contributed by atoms with van der Waals surface area (Å²) in [6.07, 6.45) is 2.90. The number of benzene rings is 2. The van der Waals surface area contributed by atoms with Crippen molar-refractivity contribution >= 4 is 11.7 Å². The van der Waals surface area contributed by atoms with Crippen LogP contribution in [0.4, 0.5) is 10.2 Å². The van der Waals surface area contributed by atoms with E-state index in [9.17, 15) is 9.18 Å². The molecule has 0 radical (unpaired) electrons. The first kappa shape index (κ1) is 20.5. The minimum absolute atomic E-state index is 0.0736. The van der Waals surface area contributed by atoms with E-state index < -0.39 is 5.95 Å². The van der Waals surface area contributed by atoms with E-state index in [4.69, 9.17) is 10.5 Å². The Morgan fingerprint density at radius 3 is 2.47 bits per heavy atom. The number of fused-ring (bicyclic) bond motifs is 1. The molecule has 0 unspecified atom stereocenters. The molecule has 0 saturated carbocycles. The Morgan fingerprint density at radius 2 is 1.69 bits per heavy atom. The first-order chi connectivity index (χ1) is 15.6. The van der Waals surface area contributed by atoms with Crippen LogP contribution in [0.25, 0.3) is 22.3 Å². The quantitative estimate of drug-likeness (QED) is 0.549. The maximum Gasteiger partial charge on any atom is 0.251 e. The van der Waals surface area contributed by atoms with Crippen LogP contribution >= 0.6 is 0 Å². The molecule has 32 heavy (non-hydrogen) atoms. The third-order valence-corrected chi connectivity index (χ3v) is 6.10. The van der Waals surface area contributed by atoms with Gasteiger partial charge in [0.25, 0.3) is 5.91 Å². The van der Waals surface area contributed by atoms with E-state index in [0.717, 1.165) is 49.2 Å². The van der Waals surface area contributed by atoms with Crippen LogP contribution in [0.3, 0.4) is 0 Å². The summed E-state index contributed by atoms with van der Waals surface area (Å²) < 4.78 is 20.8. The molecule has 0 atom stereocenters. The summed E-state index contributed by atoms with van der Waals surface area (Å²) in [7, 11) is 0. The fourth-order valence-corrected chi connectivity index (χ4v) is 4.35. The average molecular weight is 432 g/mol. The van der Waals surface area contributed by atoms with Crippen molar-refractivity contribution in [3.05, 3.63) is 65.6 Å². The van der Waals surface area contributed by atoms with Crippen molar-refractivity contribution in [1.29, 1.82) is 0 Å². The van der Waals surface area contributed by atoms with Crippen LogP contribution in [0.5, 0.6) is 5.75 Å². The van der Waals surface area contributed by atoms with E-state index >= 15 is 0 Å². The molecule has 0 spiro atoms. The molecular formula is C25H25FN4O2. The molecule has 2 aromatic carbocycles. The molecule has 1 fully saturated rings. The number of aromatic nitrogens is 1. The van der Waals surface area contributed by atoms with Gasteiger partial charge in [-0.05, 0) is 73.3 Å². The van der Waals surface area contributed by atoms with Gasteiger partial charge in [0.15, 0.2) is 0 Å². The largest absolute Gasteiger partial charge is 0.490 e. The lowest BCUT2D eigenvalue weighted by atomic mass is 9.94. The zero-order valence-corrected chi connectivity index (χ0v) is 17.7. The number of nitrogen functional groups attached to an aromatic ring is 1. The summed E-state index contributed by atoms with van der Waals surface area (Å²) in [4.78, 5) is 16.0. The maximum absolute atomic E-state index is 14.7. The van der Waals surface area contributed by atoms with Gasteiger partial charge in [-0.1, -0.05) is 24.3 Å². The van der Waals surface area contributed by atoms with Crippen molar-refractivity contribution in [3.8, 4) is 28.0 Å². The van der Waals surface area contributed by atoms with E-state index in [1.807, 2.05) is 36.4 Å². The number of carbonyl (C=O) groups excluding carboxylic acids is 1. The van der Waals surface area contributed by atoms with Crippen molar-refractivity contribution < 1.29 is 13.9 Å². The van der Waals surface area contributed by atoms with Crippen LogP contribution in [-0.2, 0) is 6.42 Å². The van der Waals surface area contributed by atoms with Crippen LogP contribution in [0.15, 0.2) is 48.5 Å². The minimum Gasteiger partial charge on any atom is -0.490 e. The highest BCUT2D eigenvalue weighted by Gasteiger charge is 2.19. The fourth-order valence-electron chi connectivity index (χ4n) is 4.35. The van der Waals surface area contributed by atoms with Crippen LogP contribution in [-0.4, -0.2) is 36.6 Å². The van der Waals surface area contributed by atoms with Crippen molar-refractivity contribution in [3.63, 3.8) is 0 Å². The van der Waals surface area contributed by atoms with Gasteiger partial charge in [-0.25, -0.2) is 4.98 Å². The van der Waals surface area contributed by atoms with Crippen LogP contribution in [0, 0.1) is 5.95 Å². The van der Waals surface area contributed by atoms with E-state index in [1.165, 1.54) is 0 Å². The molecule has 4 N–H and O–H groups in total. The molecule has 1 aromatic heterocycles. The van der Waals surface area contributed by atoms with E-state index in [2.05, 4.69) is 15.6 Å². The number of nitrogens with two attached hydrogens (primary N) is 1. The summed E-state index contributed by atoms with van der Waals surface area (Å²) in [6.45, 7) is 2.52. The lowest BCUT2D eigenvalue weighted by molar-refractivity contribution is 0.0946. The molecule has 0 aliphatic carbocycles. The number of hydrogen-bond donors (Lipinski definition) is 3. The lowest BCUT2D eigenvalue weighted by Crippen LogP contribution is -2.34. The Balaban J connectivity index is 1.44. The molecule has 2 aliphatic heterocycles. The Labute approximate surface area is 186 Å². The number of hydrogen-bond acceptors (Lipinski definition) is 5. The third kappa shape index (κ3) is 4.03. The monoisotopic (exact) mass is 432 g/mol. The number of nitrogens with one attached hydrogen (secondary N) is 2. The fraction of sp³-hybridized carbons (Fsp3) is 0.280. The van der Waals surface area contributed by atoms with Crippen molar-refractivity contribution in [1.82, 2.24) is 15.6 Å². The van der Waals surface area contributed by atoms with Gasteiger partial charge < -0.3 is 21.1 Å². The second kappa shape index (κ2) is 8.59. The SMILES string of the molecule is Nc1nc(F)c(-c2ccc(OC3CCNCC3)cc2)cc1-c1ccc2c(c1)CCNC2=O. The Kier molecular flexibility index (Phi) is 5.49. The van der Waals surface area contributed by atoms with Crippen molar-refractivity contribution in [2.75, 3.05) is 25.4 Å². The molecule has 3 aromatic rings. The van der Waals surface area contributed by atoms with Gasteiger partial charge in [-0.3, -0.25) is 4.79 Å². The topological polar surface area (TPSA) is 89.3 Å². The van der Waals surface area contributed by atoms with Gasteiger partial charge in [0.2, 0.25) is 5.95 Å². The summed E-state index contributed by atoms with van der Waals surface area (Å²) in [6, 6.07) is 14.7. The van der Waals surface area contributed by atoms with Crippen LogP contribution in [0.1, 0.15) is 28.8 Å². The number of rotatable bonds is 4.